The van der Waals surface area contributed by atoms with Crippen LogP contribution in [-0.4, -0.2) is 53.6 Å². The molecule has 0 spiro atoms. The van der Waals surface area contributed by atoms with E-state index in [1.54, 1.807) is 18.5 Å². The van der Waals surface area contributed by atoms with E-state index in [4.69, 9.17) is 11.6 Å². The van der Waals surface area contributed by atoms with Crippen molar-refractivity contribution >= 4 is 29.5 Å². The fraction of sp³-hybridized carbons (Fsp3) is 0.350. The minimum atomic E-state index is -0.415. The van der Waals surface area contributed by atoms with E-state index < -0.39 is 5.97 Å². The van der Waals surface area contributed by atoms with Crippen LogP contribution >= 0.6 is 11.6 Å². The molecule has 1 aromatic heterocycles. The molecule has 0 saturated carbocycles. The molecule has 0 bridgehead atoms. The van der Waals surface area contributed by atoms with Crippen molar-refractivity contribution in [3.8, 4) is 0 Å². The third-order valence-corrected chi connectivity index (χ3v) is 4.91. The van der Waals surface area contributed by atoms with E-state index in [1.165, 1.54) is 18.7 Å². The number of rotatable bonds is 7. The molecule has 0 amide bonds. The van der Waals surface area contributed by atoms with Crippen LogP contribution < -0.4 is 5.32 Å². The lowest BCUT2D eigenvalue weighted by molar-refractivity contribution is -0.134. The summed E-state index contributed by atoms with van der Waals surface area (Å²) in [6.45, 7) is 3.01. The van der Waals surface area contributed by atoms with E-state index in [1.807, 2.05) is 18.2 Å². The lowest BCUT2D eigenvalue weighted by atomic mass is 10.1. The molecule has 1 atom stereocenters. The van der Waals surface area contributed by atoms with Crippen LogP contribution in [0.5, 0.6) is 0 Å². The van der Waals surface area contributed by atoms with E-state index in [-0.39, 0.29) is 0 Å². The molecule has 1 aliphatic rings. The molecule has 1 aromatic carbocycles. The first-order chi connectivity index (χ1) is 13.1. The molecule has 0 radical (unpaired) electrons. The van der Waals surface area contributed by atoms with Crippen molar-refractivity contribution in [2.75, 3.05) is 32.1 Å². The molecule has 27 heavy (non-hydrogen) atoms. The highest BCUT2D eigenvalue weighted by Gasteiger charge is 2.22. The third-order valence-electron chi connectivity index (χ3n) is 4.54. The van der Waals surface area contributed by atoms with Crippen molar-refractivity contribution < 1.29 is 9.53 Å². The zero-order chi connectivity index (χ0) is 19.1. The van der Waals surface area contributed by atoms with Crippen LogP contribution in [0.3, 0.4) is 0 Å². The quantitative estimate of drug-likeness (QED) is 0.582. The normalized spacial score (nSPS) is 17.3. The molecule has 1 N–H and O–H groups in total. The van der Waals surface area contributed by atoms with Gasteiger partial charge in [0, 0.05) is 36.8 Å². The molecular weight excluding hydrogens is 364 g/mol. The standard InChI is InChI=1S/C20H23ClN4O2/c1-27-20(26)7-6-16-12-23-19(13-22-16)24-17-9-11-25(14-17)10-8-15-4-2-3-5-18(15)21/h2-7,12-13,17H,8-11,14H2,1H3,(H,23,24)/t17-/m1/s1. The zero-order valence-electron chi connectivity index (χ0n) is 15.3. The molecule has 1 saturated heterocycles. The highest BCUT2D eigenvalue weighted by atomic mass is 35.5. The highest BCUT2D eigenvalue weighted by Crippen LogP contribution is 2.18. The minimum Gasteiger partial charge on any atom is -0.466 e. The number of benzene rings is 1. The smallest absolute Gasteiger partial charge is 0.330 e. The summed E-state index contributed by atoms with van der Waals surface area (Å²) >= 11 is 6.23. The number of ether oxygens (including phenoxy) is 1. The molecule has 1 aliphatic heterocycles. The second kappa shape index (κ2) is 9.48. The lowest BCUT2D eigenvalue weighted by Crippen LogP contribution is -2.28. The Kier molecular flexibility index (Phi) is 6.79. The van der Waals surface area contributed by atoms with Crippen LogP contribution in [0.15, 0.2) is 42.7 Å². The number of anilines is 1. The van der Waals surface area contributed by atoms with Crippen LogP contribution in [0.2, 0.25) is 5.02 Å². The lowest BCUT2D eigenvalue weighted by Gasteiger charge is -2.17. The van der Waals surface area contributed by atoms with Crippen molar-refractivity contribution in [2.45, 2.75) is 18.9 Å². The van der Waals surface area contributed by atoms with Gasteiger partial charge in [0.1, 0.15) is 5.82 Å². The second-order valence-electron chi connectivity index (χ2n) is 6.45. The maximum atomic E-state index is 11.1. The molecule has 0 unspecified atom stereocenters. The number of carbonyl (C=O) groups is 1. The van der Waals surface area contributed by atoms with Crippen molar-refractivity contribution in [3.05, 3.63) is 59.0 Å². The van der Waals surface area contributed by atoms with Gasteiger partial charge in [0.2, 0.25) is 0 Å². The average molecular weight is 387 g/mol. The predicted octanol–water partition coefficient (Wildman–Crippen LogP) is 3.05. The molecule has 142 valence electrons. The summed E-state index contributed by atoms with van der Waals surface area (Å²) in [6, 6.07) is 8.35. The van der Waals surface area contributed by atoms with Gasteiger partial charge in [-0.1, -0.05) is 29.8 Å². The number of esters is 1. The number of halogens is 1. The van der Waals surface area contributed by atoms with E-state index in [9.17, 15) is 4.79 Å². The molecule has 2 aromatic rings. The fourth-order valence-corrected chi connectivity index (χ4v) is 3.29. The van der Waals surface area contributed by atoms with Gasteiger partial charge in [0.15, 0.2) is 0 Å². The Morgan fingerprint density at radius 3 is 2.96 bits per heavy atom. The summed E-state index contributed by atoms with van der Waals surface area (Å²) in [5.74, 6) is 0.324. The van der Waals surface area contributed by atoms with Gasteiger partial charge in [-0.25, -0.2) is 9.78 Å². The van der Waals surface area contributed by atoms with Gasteiger partial charge in [-0.05, 0) is 30.5 Å². The number of methoxy groups -OCH3 is 1. The summed E-state index contributed by atoms with van der Waals surface area (Å²) < 4.78 is 4.55. The Morgan fingerprint density at radius 1 is 1.37 bits per heavy atom. The number of carbonyl (C=O) groups excluding carboxylic acids is 1. The highest BCUT2D eigenvalue weighted by molar-refractivity contribution is 6.31. The van der Waals surface area contributed by atoms with Gasteiger partial charge in [-0.15, -0.1) is 0 Å². The number of nitrogens with one attached hydrogen (secondary N) is 1. The summed E-state index contributed by atoms with van der Waals surface area (Å²) in [6.07, 6.45) is 8.23. The topological polar surface area (TPSA) is 67.3 Å². The first-order valence-electron chi connectivity index (χ1n) is 8.94. The van der Waals surface area contributed by atoms with Gasteiger partial charge < -0.3 is 15.0 Å². The fourth-order valence-electron chi connectivity index (χ4n) is 3.06. The van der Waals surface area contributed by atoms with Crippen LogP contribution in [-0.2, 0) is 16.0 Å². The number of hydrogen-bond acceptors (Lipinski definition) is 6. The third kappa shape index (κ3) is 5.77. The summed E-state index contributed by atoms with van der Waals surface area (Å²) in [5, 5.41) is 4.26. The van der Waals surface area contributed by atoms with Gasteiger partial charge in [0.05, 0.1) is 25.2 Å². The van der Waals surface area contributed by atoms with Gasteiger partial charge >= 0.3 is 5.97 Å². The number of aromatic nitrogens is 2. The van der Waals surface area contributed by atoms with Gasteiger partial charge in [-0.2, -0.15) is 0 Å². The molecular formula is C20H23ClN4O2. The summed E-state index contributed by atoms with van der Waals surface area (Å²) in [5.41, 5.74) is 1.80. The second-order valence-corrected chi connectivity index (χ2v) is 6.86. The maximum absolute atomic E-state index is 11.1. The van der Waals surface area contributed by atoms with E-state index in [0.29, 0.717) is 11.7 Å². The molecule has 3 rings (SSSR count). The molecule has 6 nitrogen and oxygen atoms in total. The van der Waals surface area contributed by atoms with Crippen molar-refractivity contribution in [2.24, 2.45) is 0 Å². The molecule has 2 heterocycles. The number of nitrogens with zero attached hydrogens (tertiary/aromatic N) is 3. The Labute approximate surface area is 164 Å². The van der Waals surface area contributed by atoms with Gasteiger partial charge in [0.25, 0.3) is 0 Å². The SMILES string of the molecule is COC(=O)C=Cc1cnc(N[C@@H]2CCN(CCc3ccccc3Cl)C2)cn1. The van der Waals surface area contributed by atoms with Crippen LogP contribution in [0.25, 0.3) is 6.08 Å². The molecule has 7 heteroatoms. The zero-order valence-corrected chi connectivity index (χ0v) is 16.0. The van der Waals surface area contributed by atoms with Crippen molar-refractivity contribution in [1.82, 2.24) is 14.9 Å². The Hall–Kier alpha value is -2.44. The first-order valence-corrected chi connectivity index (χ1v) is 9.32. The molecule has 1 fully saturated rings. The predicted molar refractivity (Wildman–Crippen MR) is 107 cm³/mol. The summed E-state index contributed by atoms with van der Waals surface area (Å²) in [7, 11) is 1.34. The summed E-state index contributed by atoms with van der Waals surface area (Å²) in [4.78, 5) is 22.2. The van der Waals surface area contributed by atoms with Gasteiger partial charge in [-0.3, -0.25) is 4.98 Å². The van der Waals surface area contributed by atoms with Crippen LogP contribution in [0, 0.1) is 0 Å². The number of likely N-dealkylation sites (tertiary alicyclic amines) is 1. The molecule has 0 aliphatic carbocycles. The minimum absolute atomic E-state index is 0.349. The Morgan fingerprint density at radius 2 is 2.22 bits per heavy atom. The number of hydrogen-bond donors (Lipinski definition) is 1. The maximum Gasteiger partial charge on any atom is 0.330 e. The largest absolute Gasteiger partial charge is 0.466 e. The monoisotopic (exact) mass is 386 g/mol. The van der Waals surface area contributed by atoms with E-state index >= 15 is 0 Å². The van der Waals surface area contributed by atoms with Crippen LogP contribution in [0.1, 0.15) is 17.7 Å². The Balaban J connectivity index is 1.46. The van der Waals surface area contributed by atoms with Crippen molar-refractivity contribution in [1.29, 1.82) is 0 Å². The first kappa shape index (κ1) is 19.3. The Bertz CT molecular complexity index is 795. The average Bonchev–Trinajstić information content (AvgIpc) is 3.14. The van der Waals surface area contributed by atoms with E-state index in [0.717, 1.165) is 43.3 Å². The van der Waals surface area contributed by atoms with E-state index in [2.05, 4.69) is 31.0 Å². The van der Waals surface area contributed by atoms with Crippen LogP contribution in [0.4, 0.5) is 5.82 Å². The van der Waals surface area contributed by atoms with Crippen molar-refractivity contribution in [3.63, 3.8) is 0 Å².